The molecule has 0 atom stereocenters. The Morgan fingerprint density at radius 1 is 0.940 bits per heavy atom. The third kappa shape index (κ3) is 6.13. The van der Waals surface area contributed by atoms with Crippen molar-refractivity contribution < 1.29 is 19.4 Å². The number of rotatable bonds is 1. The van der Waals surface area contributed by atoms with Gasteiger partial charge in [-0.3, -0.25) is 14.2 Å². The molecule has 0 fully saturated rings. The molecule has 0 radical (unpaired) electrons. The Labute approximate surface area is 299 Å². The number of hydrogen-bond acceptors (Lipinski definition) is 6. The Bertz CT molecular complexity index is 2300. The predicted octanol–water partition coefficient (Wildman–Crippen LogP) is 7.33. The summed E-state index contributed by atoms with van der Waals surface area (Å²) in [5.74, 6) is 0.530. The van der Waals surface area contributed by atoms with Crippen LogP contribution in [-0.2, 0) is 51.9 Å². The van der Waals surface area contributed by atoms with Crippen LogP contribution < -0.4 is 4.74 Å². The number of carboxylic acids is 1. The fourth-order valence-corrected chi connectivity index (χ4v) is 8.36. The molecular weight excluding hydrogens is 672 g/mol. The quantitative estimate of drug-likeness (QED) is 0.190. The summed E-state index contributed by atoms with van der Waals surface area (Å²) in [6.07, 6.45) is 1.90. The van der Waals surface area contributed by atoms with Crippen molar-refractivity contribution >= 4 is 56.9 Å². The highest BCUT2D eigenvalue weighted by molar-refractivity contribution is 7.99. The first-order valence-electron chi connectivity index (χ1n) is 16.6. The van der Waals surface area contributed by atoms with E-state index in [4.69, 9.17) is 26.5 Å². The normalized spacial score (nSPS) is 14.3. The zero-order chi connectivity index (χ0) is 35.3. The van der Waals surface area contributed by atoms with Gasteiger partial charge in [-0.1, -0.05) is 41.9 Å². The van der Waals surface area contributed by atoms with Crippen molar-refractivity contribution in [3.8, 4) is 16.9 Å². The van der Waals surface area contributed by atoms with E-state index in [2.05, 4.69) is 30.3 Å². The molecule has 1 aliphatic rings. The van der Waals surface area contributed by atoms with Gasteiger partial charge in [0, 0.05) is 72.0 Å². The van der Waals surface area contributed by atoms with Gasteiger partial charge in [0.1, 0.15) is 11.4 Å². The minimum Gasteiger partial charge on any atom is -0.493 e. The molecule has 12 heteroatoms. The average molecular weight is 711 g/mol. The molecule has 7 rings (SSSR count). The van der Waals surface area contributed by atoms with E-state index < -0.39 is 5.97 Å². The SMILES string of the molecule is CC(=O)N1Cc2cc(n(C)n2)CCSc2cc(c3ccccc3c2)OCCCc2c(C(=O)O)n(C)c3c(c(Cl)ccc23)-c2c(nn(C)c2C)C1. The number of carbonyl (C=O) groups is 2. The maximum atomic E-state index is 13.1. The molecule has 10 nitrogen and oxygen atoms in total. The van der Waals surface area contributed by atoms with E-state index >= 15 is 0 Å². The lowest BCUT2D eigenvalue weighted by Gasteiger charge is -2.20. The molecule has 0 unspecified atom stereocenters. The molecule has 3 aromatic heterocycles. The average Bonchev–Trinajstić information content (AvgIpc) is 3.67. The summed E-state index contributed by atoms with van der Waals surface area (Å²) >= 11 is 8.78. The zero-order valence-corrected chi connectivity index (χ0v) is 30.4. The van der Waals surface area contributed by atoms with E-state index in [0.717, 1.165) is 67.2 Å². The molecule has 8 bridgehead atoms. The number of amides is 1. The minimum atomic E-state index is -1.01. The van der Waals surface area contributed by atoms with Gasteiger partial charge in [0.2, 0.25) is 5.91 Å². The number of aromatic carboxylic acids is 1. The number of thioether (sulfide) groups is 1. The van der Waals surface area contributed by atoms with Crippen LogP contribution in [0.25, 0.3) is 32.8 Å². The first-order chi connectivity index (χ1) is 24.0. The molecule has 0 saturated heterocycles. The maximum Gasteiger partial charge on any atom is 0.352 e. The van der Waals surface area contributed by atoms with Crippen LogP contribution in [0, 0.1) is 6.92 Å². The van der Waals surface area contributed by atoms with E-state index in [1.807, 2.05) is 50.0 Å². The van der Waals surface area contributed by atoms with Crippen molar-refractivity contribution in [1.29, 1.82) is 0 Å². The highest BCUT2D eigenvalue weighted by Crippen LogP contribution is 2.42. The maximum absolute atomic E-state index is 13.1. The Hall–Kier alpha value is -4.74. The third-order valence-electron chi connectivity index (χ3n) is 9.69. The van der Waals surface area contributed by atoms with Crippen LogP contribution in [0.1, 0.15) is 52.2 Å². The molecule has 1 aliphatic heterocycles. The van der Waals surface area contributed by atoms with Crippen LogP contribution in [0.15, 0.2) is 59.5 Å². The summed E-state index contributed by atoms with van der Waals surface area (Å²) in [5.41, 5.74) is 6.54. The highest BCUT2D eigenvalue weighted by atomic mass is 35.5. The molecular formula is C38H39ClN6O4S. The lowest BCUT2D eigenvalue weighted by Crippen LogP contribution is -2.28. The Kier molecular flexibility index (Phi) is 9.13. The molecule has 4 heterocycles. The highest BCUT2D eigenvalue weighted by Gasteiger charge is 2.28. The molecule has 6 aromatic rings. The lowest BCUT2D eigenvalue weighted by atomic mass is 9.97. The van der Waals surface area contributed by atoms with Crippen molar-refractivity contribution in [2.75, 3.05) is 12.4 Å². The topological polar surface area (TPSA) is 107 Å². The van der Waals surface area contributed by atoms with Gasteiger partial charge in [-0.2, -0.15) is 10.2 Å². The smallest absolute Gasteiger partial charge is 0.352 e. The van der Waals surface area contributed by atoms with Crippen LogP contribution in [0.4, 0.5) is 0 Å². The number of carbonyl (C=O) groups excluding carboxylic acids is 1. The van der Waals surface area contributed by atoms with Gasteiger partial charge in [0.25, 0.3) is 0 Å². The van der Waals surface area contributed by atoms with Gasteiger partial charge in [0.05, 0.1) is 41.6 Å². The molecule has 258 valence electrons. The lowest BCUT2D eigenvalue weighted by molar-refractivity contribution is -0.130. The number of carboxylic acid groups (broad SMARTS) is 1. The number of fused-ring (bicyclic) bond motifs is 8. The second-order valence-corrected chi connectivity index (χ2v) is 14.4. The van der Waals surface area contributed by atoms with Gasteiger partial charge >= 0.3 is 5.97 Å². The molecule has 0 saturated carbocycles. The molecule has 0 spiro atoms. The Balaban J connectivity index is 1.38. The van der Waals surface area contributed by atoms with Gasteiger partial charge in [-0.15, -0.1) is 11.8 Å². The van der Waals surface area contributed by atoms with Gasteiger partial charge in [-0.05, 0) is 61.4 Å². The van der Waals surface area contributed by atoms with Gasteiger partial charge < -0.3 is 19.3 Å². The first kappa shape index (κ1) is 33.7. The van der Waals surface area contributed by atoms with Gasteiger partial charge in [-0.25, -0.2) is 4.79 Å². The number of ether oxygens (including phenoxy) is 1. The molecule has 1 amide bonds. The fraction of sp³-hybridized carbons (Fsp3) is 0.316. The van der Waals surface area contributed by atoms with Crippen molar-refractivity contribution in [3.05, 3.63) is 93.7 Å². The summed E-state index contributed by atoms with van der Waals surface area (Å²) in [7, 11) is 5.57. The first-order valence-corrected chi connectivity index (χ1v) is 18.0. The number of nitrogens with zero attached hydrogens (tertiary/aromatic N) is 6. The predicted molar refractivity (Wildman–Crippen MR) is 197 cm³/mol. The van der Waals surface area contributed by atoms with Crippen LogP contribution in [-0.4, -0.2) is 58.4 Å². The third-order valence-corrected chi connectivity index (χ3v) is 11.0. The monoisotopic (exact) mass is 710 g/mol. The van der Waals surface area contributed by atoms with Crippen molar-refractivity contribution in [3.63, 3.8) is 0 Å². The summed E-state index contributed by atoms with van der Waals surface area (Å²) in [6, 6.07) is 18.3. The Morgan fingerprint density at radius 2 is 1.74 bits per heavy atom. The summed E-state index contributed by atoms with van der Waals surface area (Å²) in [4.78, 5) is 28.8. The summed E-state index contributed by atoms with van der Waals surface area (Å²) < 4.78 is 11.8. The van der Waals surface area contributed by atoms with Gasteiger partial charge in [0.15, 0.2) is 0 Å². The van der Waals surface area contributed by atoms with E-state index in [9.17, 15) is 14.7 Å². The van der Waals surface area contributed by atoms with E-state index in [1.54, 1.807) is 39.9 Å². The van der Waals surface area contributed by atoms with Crippen molar-refractivity contribution in [2.24, 2.45) is 21.1 Å². The number of aromatic nitrogens is 5. The fourth-order valence-electron chi connectivity index (χ4n) is 7.17. The second-order valence-electron chi connectivity index (χ2n) is 12.9. The number of halogens is 1. The van der Waals surface area contributed by atoms with E-state index in [0.29, 0.717) is 47.8 Å². The Morgan fingerprint density at radius 3 is 2.52 bits per heavy atom. The van der Waals surface area contributed by atoms with Crippen molar-refractivity contribution in [1.82, 2.24) is 29.0 Å². The molecule has 1 N–H and O–H groups in total. The largest absolute Gasteiger partial charge is 0.493 e. The zero-order valence-electron chi connectivity index (χ0n) is 28.8. The second kappa shape index (κ2) is 13.5. The molecule has 50 heavy (non-hydrogen) atoms. The van der Waals surface area contributed by atoms with Crippen LogP contribution in [0.2, 0.25) is 5.02 Å². The van der Waals surface area contributed by atoms with Crippen LogP contribution in [0.5, 0.6) is 5.75 Å². The van der Waals surface area contributed by atoms with E-state index in [-0.39, 0.29) is 18.1 Å². The van der Waals surface area contributed by atoms with Crippen LogP contribution >= 0.6 is 23.4 Å². The van der Waals surface area contributed by atoms with Crippen LogP contribution in [0.3, 0.4) is 0 Å². The standard InChI is InChI=1S/C38H39ClN6O4S/c1-22-34-32(41-43(22)4)21-45(23(2)46)20-25-18-26(44(5)40-25)14-16-50-27-17-24-9-6-7-10-28(24)33(19-27)49-15-8-11-29-30-12-13-31(39)35(34)36(30)42(3)37(29)38(47)48/h6-7,9-10,12-13,17-19H,8,11,14-16,20-21H2,1-5H3,(H,47,48). The minimum absolute atomic E-state index is 0.107. The number of aryl methyl sites for hydroxylation is 5. The van der Waals surface area contributed by atoms with E-state index in [1.165, 1.54) is 0 Å². The molecule has 3 aromatic carbocycles. The summed E-state index contributed by atoms with van der Waals surface area (Å²) in [5, 5.41) is 23.6. The number of hydrogen-bond donors (Lipinski definition) is 1. The molecule has 0 aliphatic carbocycles. The number of benzene rings is 3. The van der Waals surface area contributed by atoms with Crippen molar-refractivity contribution in [2.45, 2.75) is 51.1 Å². The summed E-state index contributed by atoms with van der Waals surface area (Å²) in [6.45, 7) is 4.47.